The van der Waals surface area contributed by atoms with Crippen LogP contribution in [0.4, 0.5) is 0 Å². The summed E-state index contributed by atoms with van der Waals surface area (Å²) >= 11 is 1.63. The molecule has 0 atom stereocenters. The summed E-state index contributed by atoms with van der Waals surface area (Å²) in [5, 5.41) is 5.07. The summed E-state index contributed by atoms with van der Waals surface area (Å²) < 4.78 is 0. The van der Waals surface area contributed by atoms with Crippen LogP contribution in [0.15, 0.2) is 41.2 Å². The first-order valence-corrected chi connectivity index (χ1v) is 6.13. The van der Waals surface area contributed by atoms with Crippen LogP contribution < -0.4 is 5.73 Å². The summed E-state index contributed by atoms with van der Waals surface area (Å²) in [5.74, 6) is -0.408. The van der Waals surface area contributed by atoms with Gasteiger partial charge in [0.05, 0.1) is 11.1 Å². The highest BCUT2D eigenvalue weighted by atomic mass is 32.1. The van der Waals surface area contributed by atoms with Crippen molar-refractivity contribution in [3.05, 3.63) is 46.8 Å². The molecule has 0 aliphatic carbocycles. The molecule has 3 nitrogen and oxygen atoms in total. The SMILES string of the molecule is NC(=O)c1cc(-c2ccsc2)cc2cc[nH]c12. The van der Waals surface area contributed by atoms with Gasteiger partial charge >= 0.3 is 0 Å². The van der Waals surface area contributed by atoms with Gasteiger partial charge in [0.15, 0.2) is 0 Å². The van der Waals surface area contributed by atoms with Gasteiger partial charge in [-0.15, -0.1) is 0 Å². The minimum absolute atomic E-state index is 0.408. The fraction of sp³-hybridized carbons (Fsp3) is 0. The molecule has 0 aliphatic rings. The highest BCUT2D eigenvalue weighted by molar-refractivity contribution is 7.08. The number of carbonyl (C=O) groups excluding carboxylic acids is 1. The van der Waals surface area contributed by atoms with Crippen LogP contribution in [0.1, 0.15) is 10.4 Å². The lowest BCUT2D eigenvalue weighted by Crippen LogP contribution is -2.11. The molecule has 2 aromatic heterocycles. The fourth-order valence-electron chi connectivity index (χ4n) is 1.96. The lowest BCUT2D eigenvalue weighted by Gasteiger charge is -2.03. The Hall–Kier alpha value is -2.07. The number of aromatic nitrogens is 1. The zero-order valence-electron chi connectivity index (χ0n) is 8.94. The Kier molecular flexibility index (Phi) is 2.23. The number of fused-ring (bicyclic) bond motifs is 1. The number of nitrogens with one attached hydrogen (secondary N) is 1. The number of primary amides is 1. The van der Waals surface area contributed by atoms with E-state index in [0.29, 0.717) is 5.56 Å². The third-order valence-electron chi connectivity index (χ3n) is 2.78. The maximum absolute atomic E-state index is 11.4. The zero-order valence-corrected chi connectivity index (χ0v) is 9.75. The minimum atomic E-state index is -0.408. The molecule has 17 heavy (non-hydrogen) atoms. The highest BCUT2D eigenvalue weighted by Gasteiger charge is 2.10. The van der Waals surface area contributed by atoms with E-state index in [1.165, 1.54) is 0 Å². The molecule has 84 valence electrons. The van der Waals surface area contributed by atoms with Crippen LogP contribution in [0.25, 0.3) is 22.0 Å². The molecule has 0 bridgehead atoms. The van der Waals surface area contributed by atoms with Crippen LogP contribution >= 0.6 is 11.3 Å². The summed E-state index contributed by atoms with van der Waals surface area (Å²) in [5.41, 5.74) is 8.88. The molecule has 1 amide bonds. The Morgan fingerprint density at radius 3 is 2.82 bits per heavy atom. The number of H-pyrrole nitrogens is 1. The number of thiophene rings is 1. The van der Waals surface area contributed by atoms with Crippen molar-refractivity contribution >= 4 is 28.1 Å². The van der Waals surface area contributed by atoms with Crippen LogP contribution in [-0.4, -0.2) is 10.9 Å². The number of benzene rings is 1. The second-order valence-corrected chi connectivity index (χ2v) is 4.62. The molecular formula is C13H10N2OS. The number of hydrogen-bond acceptors (Lipinski definition) is 2. The largest absolute Gasteiger partial charge is 0.366 e. The van der Waals surface area contributed by atoms with Crippen LogP contribution in [0.5, 0.6) is 0 Å². The van der Waals surface area contributed by atoms with Gasteiger partial charge in [-0.3, -0.25) is 4.79 Å². The van der Waals surface area contributed by atoms with Gasteiger partial charge in [0, 0.05) is 11.6 Å². The first kappa shape index (κ1) is 10.1. The van der Waals surface area contributed by atoms with Crippen LogP contribution in [-0.2, 0) is 0 Å². The summed E-state index contributed by atoms with van der Waals surface area (Å²) in [4.78, 5) is 14.5. The Labute approximate surface area is 102 Å². The molecule has 0 spiro atoms. The van der Waals surface area contributed by atoms with E-state index in [4.69, 9.17) is 5.73 Å². The molecule has 3 aromatic rings. The van der Waals surface area contributed by atoms with Crippen LogP contribution in [0.2, 0.25) is 0 Å². The van der Waals surface area contributed by atoms with Crippen LogP contribution in [0, 0.1) is 0 Å². The molecule has 0 saturated carbocycles. The second-order valence-electron chi connectivity index (χ2n) is 3.84. The van der Waals surface area contributed by atoms with Gasteiger partial charge in [0.25, 0.3) is 5.91 Å². The van der Waals surface area contributed by atoms with Crippen LogP contribution in [0.3, 0.4) is 0 Å². The minimum Gasteiger partial charge on any atom is -0.366 e. The van der Waals surface area contributed by atoms with E-state index in [1.54, 1.807) is 11.3 Å². The average Bonchev–Trinajstić information content (AvgIpc) is 2.98. The molecule has 1 aromatic carbocycles. The third kappa shape index (κ3) is 1.62. The van der Waals surface area contributed by atoms with E-state index >= 15 is 0 Å². The lowest BCUT2D eigenvalue weighted by atomic mass is 10.0. The average molecular weight is 242 g/mol. The first-order chi connectivity index (χ1) is 8.25. The normalized spacial score (nSPS) is 10.8. The van der Waals surface area contributed by atoms with Gasteiger partial charge in [-0.05, 0) is 46.2 Å². The van der Waals surface area contributed by atoms with E-state index in [9.17, 15) is 4.79 Å². The summed E-state index contributed by atoms with van der Waals surface area (Å²) in [7, 11) is 0. The number of nitrogens with two attached hydrogens (primary N) is 1. The number of amides is 1. The maximum atomic E-state index is 11.4. The zero-order chi connectivity index (χ0) is 11.8. The third-order valence-corrected chi connectivity index (χ3v) is 3.46. The smallest absolute Gasteiger partial charge is 0.250 e. The predicted molar refractivity (Wildman–Crippen MR) is 70.1 cm³/mol. The molecular weight excluding hydrogens is 232 g/mol. The van der Waals surface area contributed by atoms with Crippen molar-refractivity contribution in [1.29, 1.82) is 0 Å². The van der Waals surface area contributed by atoms with E-state index in [1.807, 2.05) is 29.8 Å². The molecule has 0 radical (unpaired) electrons. The Morgan fingerprint density at radius 2 is 2.12 bits per heavy atom. The second kappa shape index (κ2) is 3.75. The monoisotopic (exact) mass is 242 g/mol. The number of aromatic amines is 1. The topological polar surface area (TPSA) is 58.9 Å². The molecule has 3 N–H and O–H groups in total. The van der Waals surface area contributed by atoms with Gasteiger partial charge in [0.2, 0.25) is 0 Å². The van der Waals surface area contributed by atoms with Crippen molar-refractivity contribution in [3.8, 4) is 11.1 Å². The summed E-state index contributed by atoms with van der Waals surface area (Å²) in [6.07, 6.45) is 1.81. The van der Waals surface area contributed by atoms with Gasteiger partial charge in [-0.1, -0.05) is 0 Å². The quantitative estimate of drug-likeness (QED) is 0.713. The van der Waals surface area contributed by atoms with E-state index in [2.05, 4.69) is 16.4 Å². The van der Waals surface area contributed by atoms with Crippen molar-refractivity contribution in [3.63, 3.8) is 0 Å². The summed E-state index contributed by atoms with van der Waals surface area (Å²) in [6, 6.07) is 7.87. The maximum Gasteiger partial charge on any atom is 0.250 e. The molecule has 3 rings (SSSR count). The van der Waals surface area contributed by atoms with Crippen molar-refractivity contribution < 1.29 is 4.79 Å². The molecule has 0 unspecified atom stereocenters. The lowest BCUT2D eigenvalue weighted by molar-refractivity contribution is 0.100. The van der Waals surface area contributed by atoms with Gasteiger partial charge < -0.3 is 10.7 Å². The Morgan fingerprint density at radius 1 is 1.24 bits per heavy atom. The fourth-order valence-corrected chi connectivity index (χ4v) is 2.63. The van der Waals surface area contributed by atoms with Crippen molar-refractivity contribution in [2.24, 2.45) is 5.73 Å². The number of rotatable bonds is 2. The van der Waals surface area contributed by atoms with Gasteiger partial charge in [-0.2, -0.15) is 11.3 Å². The van der Waals surface area contributed by atoms with Crippen molar-refractivity contribution in [2.45, 2.75) is 0 Å². The molecule has 2 heterocycles. The van der Waals surface area contributed by atoms with Gasteiger partial charge in [-0.25, -0.2) is 0 Å². The highest BCUT2D eigenvalue weighted by Crippen LogP contribution is 2.28. The standard InChI is InChI=1S/C13H10N2OS/c14-13(16)11-6-10(9-2-4-17-7-9)5-8-1-3-15-12(8)11/h1-7,15H,(H2,14,16). The van der Waals surface area contributed by atoms with Gasteiger partial charge in [0.1, 0.15) is 0 Å². The molecule has 0 saturated heterocycles. The molecule has 0 aliphatic heterocycles. The summed E-state index contributed by atoms with van der Waals surface area (Å²) in [6.45, 7) is 0. The van der Waals surface area contributed by atoms with Crippen molar-refractivity contribution in [1.82, 2.24) is 4.98 Å². The Bertz CT molecular complexity index is 683. The predicted octanol–water partition coefficient (Wildman–Crippen LogP) is 3.00. The van der Waals surface area contributed by atoms with Crippen molar-refractivity contribution in [2.75, 3.05) is 0 Å². The van der Waals surface area contributed by atoms with E-state index in [-0.39, 0.29) is 0 Å². The van der Waals surface area contributed by atoms with E-state index < -0.39 is 5.91 Å². The molecule has 0 fully saturated rings. The number of carbonyl (C=O) groups is 1. The first-order valence-electron chi connectivity index (χ1n) is 5.19. The number of hydrogen-bond donors (Lipinski definition) is 2. The Balaban J connectivity index is 2.31. The molecule has 4 heteroatoms. The van der Waals surface area contributed by atoms with E-state index in [0.717, 1.165) is 22.0 Å².